The normalized spacial score (nSPS) is 16.5. The summed E-state index contributed by atoms with van der Waals surface area (Å²) in [5, 5.41) is 0. The number of aryl methyl sites for hydroxylation is 1. The van der Waals surface area contributed by atoms with Gasteiger partial charge in [0.25, 0.3) is 5.91 Å². The molecular formula is C23H22N4O. The summed E-state index contributed by atoms with van der Waals surface area (Å²) in [5.74, 6) is 1.19. The third kappa shape index (κ3) is 3.39. The molecule has 1 atom stereocenters. The maximum absolute atomic E-state index is 13.4. The van der Waals surface area contributed by atoms with Gasteiger partial charge in [0.05, 0.1) is 6.04 Å². The molecule has 2 aromatic carbocycles. The van der Waals surface area contributed by atoms with Crippen LogP contribution in [0.15, 0.2) is 79.5 Å². The number of nitrogens with zero attached hydrogens (tertiary/aromatic N) is 4. The lowest BCUT2D eigenvalue weighted by Gasteiger charge is -2.31. The molecule has 1 aromatic heterocycles. The zero-order valence-corrected chi connectivity index (χ0v) is 15.8. The molecule has 2 heterocycles. The lowest BCUT2D eigenvalue weighted by molar-refractivity contribution is 0.0747. The first-order valence-corrected chi connectivity index (χ1v) is 9.31. The molecule has 0 fully saturated rings. The van der Waals surface area contributed by atoms with Gasteiger partial charge < -0.3 is 9.80 Å². The van der Waals surface area contributed by atoms with Crippen molar-refractivity contribution in [2.75, 3.05) is 11.4 Å². The molecule has 0 N–H and O–H groups in total. The summed E-state index contributed by atoms with van der Waals surface area (Å²) in [4.78, 5) is 26.2. The van der Waals surface area contributed by atoms with Gasteiger partial charge in [-0.3, -0.25) is 4.79 Å². The summed E-state index contributed by atoms with van der Waals surface area (Å²) in [6.07, 6.45) is 3.52. The molecule has 1 amide bonds. The van der Waals surface area contributed by atoms with Crippen LogP contribution in [0.3, 0.4) is 0 Å². The fourth-order valence-electron chi connectivity index (χ4n) is 3.53. The van der Waals surface area contributed by atoms with E-state index in [1.807, 2.05) is 78.6 Å². The van der Waals surface area contributed by atoms with Crippen molar-refractivity contribution >= 4 is 17.4 Å². The van der Waals surface area contributed by atoms with E-state index >= 15 is 0 Å². The molecule has 5 nitrogen and oxygen atoms in total. The Bertz CT molecular complexity index is 988. The molecule has 1 aliphatic heterocycles. The largest absolute Gasteiger partial charge is 0.332 e. The molecule has 0 saturated carbocycles. The van der Waals surface area contributed by atoms with Crippen LogP contribution in [0, 0.1) is 6.92 Å². The van der Waals surface area contributed by atoms with E-state index in [9.17, 15) is 4.79 Å². The van der Waals surface area contributed by atoms with Crippen LogP contribution in [-0.2, 0) is 6.54 Å². The highest BCUT2D eigenvalue weighted by atomic mass is 16.2. The first kappa shape index (κ1) is 17.9. The van der Waals surface area contributed by atoms with Gasteiger partial charge in [-0.1, -0.05) is 54.6 Å². The fraction of sp³-hybridized carbons (Fsp3) is 0.174. The minimum Gasteiger partial charge on any atom is -0.332 e. The molecule has 0 radical (unpaired) electrons. The zero-order chi connectivity index (χ0) is 19.5. The van der Waals surface area contributed by atoms with Gasteiger partial charge >= 0.3 is 0 Å². The number of hydrogen-bond donors (Lipinski definition) is 0. The SMILES string of the molecule is C=C[C@H]1CN(Cc2ccccc2)C(=O)c2cnc(C)nc2N1c1ccccc1. The second-order valence-electron chi connectivity index (χ2n) is 6.83. The summed E-state index contributed by atoms with van der Waals surface area (Å²) >= 11 is 0. The first-order valence-electron chi connectivity index (χ1n) is 9.31. The molecule has 3 aromatic rings. The first-order chi connectivity index (χ1) is 13.7. The Labute approximate surface area is 165 Å². The Balaban J connectivity index is 1.82. The maximum atomic E-state index is 13.4. The van der Waals surface area contributed by atoms with Crippen LogP contribution < -0.4 is 4.90 Å². The summed E-state index contributed by atoms with van der Waals surface area (Å²) < 4.78 is 0. The lowest BCUT2D eigenvalue weighted by Crippen LogP contribution is -2.39. The van der Waals surface area contributed by atoms with E-state index in [2.05, 4.69) is 21.4 Å². The number of anilines is 2. The van der Waals surface area contributed by atoms with Crippen LogP contribution in [0.25, 0.3) is 0 Å². The number of carbonyl (C=O) groups excluding carboxylic acids is 1. The third-order valence-electron chi connectivity index (χ3n) is 4.90. The van der Waals surface area contributed by atoms with Gasteiger partial charge in [0, 0.05) is 25.0 Å². The molecule has 0 saturated heterocycles. The molecule has 0 bridgehead atoms. The molecule has 4 rings (SSSR count). The number of para-hydroxylation sites is 1. The average molecular weight is 370 g/mol. The lowest BCUT2D eigenvalue weighted by atomic mass is 10.1. The molecule has 0 spiro atoms. The number of hydrogen-bond acceptors (Lipinski definition) is 4. The Morgan fingerprint density at radius 2 is 1.79 bits per heavy atom. The van der Waals surface area contributed by atoms with Gasteiger partial charge in [-0.15, -0.1) is 6.58 Å². The number of carbonyl (C=O) groups is 1. The van der Waals surface area contributed by atoms with Gasteiger partial charge in [0.1, 0.15) is 17.2 Å². The highest BCUT2D eigenvalue weighted by molar-refractivity contribution is 6.00. The Morgan fingerprint density at radius 1 is 1.11 bits per heavy atom. The zero-order valence-electron chi connectivity index (χ0n) is 15.8. The standard InChI is InChI=1S/C23H22N4O/c1-3-19-16-26(15-18-10-6-4-7-11-18)23(28)21-14-24-17(2)25-22(21)27(19)20-12-8-5-9-13-20/h3-14,19H,1,15-16H2,2H3/t19-/m0/s1. The number of benzene rings is 2. The van der Waals surface area contributed by atoms with E-state index in [0.29, 0.717) is 30.3 Å². The third-order valence-corrected chi connectivity index (χ3v) is 4.90. The smallest absolute Gasteiger partial charge is 0.259 e. The molecular weight excluding hydrogens is 348 g/mol. The van der Waals surface area contributed by atoms with Crippen LogP contribution in [0.5, 0.6) is 0 Å². The number of fused-ring (bicyclic) bond motifs is 1. The van der Waals surface area contributed by atoms with Crippen molar-refractivity contribution in [3.8, 4) is 0 Å². The van der Waals surface area contributed by atoms with Crippen molar-refractivity contribution in [2.24, 2.45) is 0 Å². The predicted molar refractivity (Wildman–Crippen MR) is 111 cm³/mol. The predicted octanol–water partition coefficient (Wildman–Crippen LogP) is 4.13. The van der Waals surface area contributed by atoms with Gasteiger partial charge in [0.15, 0.2) is 0 Å². The van der Waals surface area contributed by atoms with E-state index in [1.54, 1.807) is 6.20 Å². The van der Waals surface area contributed by atoms with E-state index in [0.717, 1.165) is 11.3 Å². The topological polar surface area (TPSA) is 49.3 Å². The molecule has 140 valence electrons. The summed E-state index contributed by atoms with van der Waals surface area (Å²) in [6.45, 7) is 6.92. The van der Waals surface area contributed by atoms with Crippen molar-refractivity contribution in [1.29, 1.82) is 0 Å². The highest BCUT2D eigenvalue weighted by Crippen LogP contribution is 2.33. The van der Waals surface area contributed by atoms with Crippen molar-refractivity contribution < 1.29 is 4.79 Å². The average Bonchev–Trinajstić information content (AvgIpc) is 2.84. The van der Waals surface area contributed by atoms with E-state index in [4.69, 9.17) is 0 Å². The monoisotopic (exact) mass is 370 g/mol. The maximum Gasteiger partial charge on any atom is 0.259 e. The van der Waals surface area contributed by atoms with Crippen molar-refractivity contribution in [3.63, 3.8) is 0 Å². The van der Waals surface area contributed by atoms with Crippen molar-refractivity contribution in [1.82, 2.24) is 14.9 Å². The summed E-state index contributed by atoms with van der Waals surface area (Å²) in [6, 6.07) is 19.9. The van der Waals surface area contributed by atoms with Gasteiger partial charge in [-0.25, -0.2) is 9.97 Å². The van der Waals surface area contributed by atoms with Crippen molar-refractivity contribution in [2.45, 2.75) is 19.5 Å². The van der Waals surface area contributed by atoms with Crippen LogP contribution >= 0.6 is 0 Å². The molecule has 28 heavy (non-hydrogen) atoms. The number of rotatable bonds is 4. The van der Waals surface area contributed by atoms with E-state index in [-0.39, 0.29) is 11.9 Å². The second kappa shape index (κ2) is 7.64. The van der Waals surface area contributed by atoms with E-state index in [1.165, 1.54) is 0 Å². The minimum absolute atomic E-state index is 0.0656. The second-order valence-corrected chi connectivity index (χ2v) is 6.83. The van der Waals surface area contributed by atoms with Crippen LogP contribution in [0.4, 0.5) is 11.5 Å². The summed E-state index contributed by atoms with van der Waals surface area (Å²) in [7, 11) is 0. The molecule has 1 aliphatic rings. The minimum atomic E-state index is -0.106. The Morgan fingerprint density at radius 3 is 2.46 bits per heavy atom. The van der Waals surface area contributed by atoms with Gasteiger partial charge in [0.2, 0.25) is 0 Å². The molecule has 5 heteroatoms. The van der Waals surface area contributed by atoms with Crippen LogP contribution in [0.2, 0.25) is 0 Å². The number of amides is 1. The Kier molecular flexibility index (Phi) is 4.89. The van der Waals surface area contributed by atoms with Gasteiger partial charge in [-0.05, 0) is 24.6 Å². The summed E-state index contributed by atoms with van der Waals surface area (Å²) in [5.41, 5.74) is 2.57. The molecule has 0 unspecified atom stereocenters. The number of aromatic nitrogens is 2. The molecule has 0 aliphatic carbocycles. The van der Waals surface area contributed by atoms with Crippen molar-refractivity contribution in [3.05, 3.63) is 96.5 Å². The van der Waals surface area contributed by atoms with Crippen LogP contribution in [0.1, 0.15) is 21.7 Å². The van der Waals surface area contributed by atoms with Gasteiger partial charge in [-0.2, -0.15) is 0 Å². The van der Waals surface area contributed by atoms with E-state index < -0.39 is 0 Å². The highest BCUT2D eigenvalue weighted by Gasteiger charge is 2.33. The Hall–Kier alpha value is -3.47. The quantitative estimate of drug-likeness (QED) is 0.648. The van der Waals surface area contributed by atoms with Crippen LogP contribution in [-0.4, -0.2) is 33.4 Å². The fourth-order valence-corrected chi connectivity index (χ4v) is 3.53.